The van der Waals surface area contributed by atoms with Crippen LogP contribution in [0, 0.1) is 5.82 Å². The summed E-state index contributed by atoms with van der Waals surface area (Å²) in [4.78, 5) is 2.56. The van der Waals surface area contributed by atoms with E-state index in [0.717, 1.165) is 50.1 Å². The Bertz CT molecular complexity index is 751. The number of nitrogens with zero attached hydrogens (tertiary/aromatic N) is 1. The van der Waals surface area contributed by atoms with Gasteiger partial charge in [0.2, 0.25) is 0 Å². The lowest BCUT2D eigenvalue weighted by atomic mass is 10.2. The van der Waals surface area contributed by atoms with E-state index in [1.807, 2.05) is 24.3 Å². The van der Waals surface area contributed by atoms with E-state index in [1.54, 1.807) is 12.1 Å². The normalized spacial score (nSPS) is 20.6. The van der Waals surface area contributed by atoms with Crippen LogP contribution in [0.4, 0.5) is 4.39 Å². The van der Waals surface area contributed by atoms with Crippen LogP contribution >= 0.6 is 0 Å². The molecule has 0 spiro atoms. The summed E-state index contributed by atoms with van der Waals surface area (Å²) in [5, 5.41) is 3.49. The van der Waals surface area contributed by atoms with Crippen molar-refractivity contribution in [3.63, 3.8) is 0 Å². The first-order chi connectivity index (χ1) is 13.3. The summed E-state index contributed by atoms with van der Waals surface area (Å²) in [5.74, 6) is 0.523. The maximum Gasteiger partial charge on any atom is 0.129 e. The molecule has 1 saturated carbocycles. The van der Waals surface area contributed by atoms with Gasteiger partial charge >= 0.3 is 0 Å². The second-order valence-electron chi connectivity index (χ2n) is 7.38. The summed E-state index contributed by atoms with van der Waals surface area (Å²) in [7, 11) is 0. The molecule has 0 bridgehead atoms. The summed E-state index contributed by atoms with van der Waals surface area (Å²) >= 11 is 0. The lowest BCUT2D eigenvalue weighted by Crippen LogP contribution is -2.47. The maximum atomic E-state index is 13.7. The average molecular weight is 370 g/mol. The number of rotatable bonds is 8. The summed E-state index contributed by atoms with van der Waals surface area (Å²) in [5.41, 5.74) is 1.71. The van der Waals surface area contributed by atoms with Crippen LogP contribution in [0.15, 0.2) is 48.5 Å². The fourth-order valence-electron chi connectivity index (χ4n) is 3.54. The molecule has 1 aliphatic carbocycles. The highest BCUT2D eigenvalue weighted by atomic mass is 19.1. The predicted octanol–water partition coefficient (Wildman–Crippen LogP) is 3.36. The number of ether oxygens (including phenoxy) is 2. The van der Waals surface area contributed by atoms with Gasteiger partial charge in [-0.2, -0.15) is 0 Å². The van der Waals surface area contributed by atoms with E-state index < -0.39 is 0 Å². The number of halogens is 1. The van der Waals surface area contributed by atoms with Crippen LogP contribution in [0.2, 0.25) is 0 Å². The van der Waals surface area contributed by atoms with Crippen molar-refractivity contribution >= 4 is 0 Å². The van der Waals surface area contributed by atoms with Crippen LogP contribution in [0.5, 0.6) is 5.75 Å². The van der Waals surface area contributed by atoms with E-state index in [9.17, 15) is 4.39 Å². The van der Waals surface area contributed by atoms with Crippen molar-refractivity contribution in [2.75, 3.05) is 26.2 Å². The molecule has 27 heavy (non-hydrogen) atoms. The number of benzene rings is 2. The molecule has 2 aromatic carbocycles. The Labute approximate surface area is 160 Å². The Morgan fingerprint density at radius 3 is 2.89 bits per heavy atom. The number of morpholine rings is 1. The van der Waals surface area contributed by atoms with E-state index in [0.29, 0.717) is 5.56 Å². The molecule has 1 atom stereocenters. The third kappa shape index (κ3) is 5.28. The second-order valence-corrected chi connectivity index (χ2v) is 7.38. The van der Waals surface area contributed by atoms with Crippen molar-refractivity contribution in [1.82, 2.24) is 10.2 Å². The summed E-state index contributed by atoms with van der Waals surface area (Å²) in [6, 6.07) is 15.5. The van der Waals surface area contributed by atoms with Gasteiger partial charge in [0.05, 0.1) is 12.7 Å². The van der Waals surface area contributed by atoms with Gasteiger partial charge in [-0.25, -0.2) is 4.39 Å². The first-order valence-corrected chi connectivity index (χ1v) is 9.79. The Morgan fingerprint density at radius 1 is 1.15 bits per heavy atom. The first-order valence-electron chi connectivity index (χ1n) is 9.79. The van der Waals surface area contributed by atoms with Gasteiger partial charge in [-0.15, -0.1) is 0 Å². The SMILES string of the molecule is Fc1ccccc1COc1cccc(CNCC2CN(C3CC3)CCO2)c1. The van der Waals surface area contributed by atoms with Gasteiger partial charge < -0.3 is 14.8 Å². The zero-order valence-corrected chi connectivity index (χ0v) is 15.6. The van der Waals surface area contributed by atoms with Crippen molar-refractivity contribution in [3.8, 4) is 5.75 Å². The second kappa shape index (κ2) is 8.83. The van der Waals surface area contributed by atoms with Gasteiger partial charge in [-0.05, 0) is 36.6 Å². The van der Waals surface area contributed by atoms with E-state index in [2.05, 4.69) is 16.3 Å². The third-order valence-corrected chi connectivity index (χ3v) is 5.19. The zero-order chi connectivity index (χ0) is 18.5. The molecular formula is C22H27FN2O2. The molecule has 1 aliphatic heterocycles. The fraction of sp³-hybridized carbons (Fsp3) is 0.455. The van der Waals surface area contributed by atoms with Crippen molar-refractivity contribution in [2.24, 2.45) is 0 Å². The van der Waals surface area contributed by atoms with Gasteiger partial charge in [0.15, 0.2) is 0 Å². The minimum absolute atomic E-state index is 0.233. The minimum Gasteiger partial charge on any atom is -0.489 e. The number of hydrogen-bond acceptors (Lipinski definition) is 4. The summed E-state index contributed by atoms with van der Waals surface area (Å²) < 4.78 is 25.3. The standard InChI is InChI=1S/C22H27FN2O2/c23-22-7-2-1-5-18(22)16-27-20-6-3-4-17(12-20)13-24-14-21-15-25(10-11-26-21)19-8-9-19/h1-7,12,19,21,24H,8-11,13-16H2. The van der Waals surface area contributed by atoms with Crippen LogP contribution in [0.1, 0.15) is 24.0 Å². The molecule has 4 rings (SSSR count). The quantitative estimate of drug-likeness (QED) is 0.773. The van der Waals surface area contributed by atoms with Crippen LogP contribution in [-0.2, 0) is 17.9 Å². The van der Waals surface area contributed by atoms with Gasteiger partial charge in [0.25, 0.3) is 0 Å². The Hall–Kier alpha value is -1.95. The van der Waals surface area contributed by atoms with Gasteiger partial charge in [-0.3, -0.25) is 4.90 Å². The predicted molar refractivity (Wildman–Crippen MR) is 103 cm³/mol. The topological polar surface area (TPSA) is 33.7 Å². The monoisotopic (exact) mass is 370 g/mol. The molecule has 0 aromatic heterocycles. The maximum absolute atomic E-state index is 13.7. The van der Waals surface area contributed by atoms with E-state index in [-0.39, 0.29) is 18.5 Å². The molecule has 0 amide bonds. The fourth-order valence-corrected chi connectivity index (χ4v) is 3.54. The molecule has 2 aromatic rings. The number of hydrogen-bond donors (Lipinski definition) is 1. The Morgan fingerprint density at radius 2 is 2.04 bits per heavy atom. The molecule has 144 valence electrons. The first kappa shape index (κ1) is 18.4. The average Bonchev–Trinajstić information content (AvgIpc) is 3.53. The smallest absolute Gasteiger partial charge is 0.129 e. The highest BCUT2D eigenvalue weighted by molar-refractivity contribution is 5.29. The lowest BCUT2D eigenvalue weighted by molar-refractivity contribution is -0.0301. The van der Waals surface area contributed by atoms with Crippen LogP contribution < -0.4 is 10.1 Å². The molecule has 1 saturated heterocycles. The molecule has 5 heteroatoms. The van der Waals surface area contributed by atoms with Gasteiger partial charge in [0.1, 0.15) is 18.2 Å². The highest BCUT2D eigenvalue weighted by Gasteiger charge is 2.32. The zero-order valence-electron chi connectivity index (χ0n) is 15.6. The molecule has 2 aliphatic rings. The summed E-state index contributed by atoms with van der Waals surface area (Å²) in [6.45, 7) is 4.79. The van der Waals surface area contributed by atoms with Crippen molar-refractivity contribution in [2.45, 2.75) is 38.1 Å². The van der Waals surface area contributed by atoms with Crippen LogP contribution in [0.3, 0.4) is 0 Å². The minimum atomic E-state index is -0.233. The Kier molecular flexibility index (Phi) is 6.02. The molecule has 1 heterocycles. The van der Waals surface area contributed by atoms with Crippen molar-refractivity contribution < 1.29 is 13.9 Å². The molecule has 0 radical (unpaired) electrons. The molecule has 1 N–H and O–H groups in total. The van der Waals surface area contributed by atoms with Crippen LogP contribution in [0.25, 0.3) is 0 Å². The lowest BCUT2D eigenvalue weighted by Gasteiger charge is -2.33. The molecular weight excluding hydrogens is 343 g/mol. The van der Waals surface area contributed by atoms with Crippen molar-refractivity contribution in [1.29, 1.82) is 0 Å². The van der Waals surface area contributed by atoms with E-state index in [1.165, 1.54) is 18.9 Å². The molecule has 1 unspecified atom stereocenters. The van der Waals surface area contributed by atoms with Gasteiger partial charge in [-0.1, -0.05) is 30.3 Å². The molecule has 4 nitrogen and oxygen atoms in total. The van der Waals surface area contributed by atoms with E-state index >= 15 is 0 Å². The van der Waals surface area contributed by atoms with Crippen LogP contribution in [-0.4, -0.2) is 43.3 Å². The van der Waals surface area contributed by atoms with E-state index in [4.69, 9.17) is 9.47 Å². The van der Waals surface area contributed by atoms with Gasteiger partial charge in [0, 0.05) is 37.8 Å². The number of nitrogens with one attached hydrogen (secondary N) is 1. The largest absolute Gasteiger partial charge is 0.489 e. The van der Waals surface area contributed by atoms with Crippen molar-refractivity contribution in [3.05, 3.63) is 65.5 Å². The molecule has 2 fully saturated rings. The third-order valence-electron chi connectivity index (χ3n) is 5.19. The highest BCUT2D eigenvalue weighted by Crippen LogP contribution is 2.28. The summed E-state index contributed by atoms with van der Waals surface area (Å²) in [6.07, 6.45) is 2.96. The Balaban J connectivity index is 1.23.